The van der Waals surface area contributed by atoms with Gasteiger partial charge >= 0.3 is 23.4 Å². The highest BCUT2D eigenvalue weighted by Gasteiger charge is 2.31. The lowest BCUT2D eigenvalue weighted by molar-refractivity contribution is -0.140. The first-order chi connectivity index (χ1) is 15.7. The molecule has 0 amide bonds. The Morgan fingerprint density at radius 1 is 1.03 bits per heavy atom. The average Bonchev–Trinajstić information content (AvgIpc) is 3.21. The van der Waals surface area contributed by atoms with Crippen molar-refractivity contribution >= 4 is 45.1 Å². The van der Waals surface area contributed by atoms with Crippen LogP contribution in [0.3, 0.4) is 0 Å². The summed E-state index contributed by atoms with van der Waals surface area (Å²) in [6.45, 7) is 1.63. The number of nitrogens with zero attached hydrogens (tertiary/aromatic N) is 4. The van der Waals surface area contributed by atoms with Gasteiger partial charge in [-0.15, -0.1) is 0 Å². The summed E-state index contributed by atoms with van der Waals surface area (Å²) >= 11 is 5.38. The van der Waals surface area contributed by atoms with Crippen molar-refractivity contribution in [2.75, 3.05) is 0 Å². The Morgan fingerprint density at radius 3 is 2.42 bits per heavy atom. The van der Waals surface area contributed by atoms with E-state index in [1.807, 2.05) is 18.2 Å². The Hall–Kier alpha value is -2.92. The molecule has 0 saturated heterocycles. The standard InChI is InChI=1S/C21H20ClF3N4O.O2S/c1-2-3-8-27-16(10-14-9-15(22)4-5-17(14)27)12-28-19-11-26-7-6-18(19)29(20(28)30)13-21(23,24)25;1-3-2/h4-7,9-11H,2-3,8,12-13H2,1H3;. The molecule has 12 heteroatoms. The second kappa shape index (κ2) is 10.3. The average molecular weight is 501 g/mol. The first-order valence-corrected chi connectivity index (χ1v) is 11.0. The number of benzene rings is 1. The molecule has 0 bridgehead atoms. The largest absolute Gasteiger partial charge is 0.406 e. The number of pyridine rings is 1. The third kappa shape index (κ3) is 5.53. The van der Waals surface area contributed by atoms with Crippen LogP contribution in [0, 0.1) is 0 Å². The summed E-state index contributed by atoms with van der Waals surface area (Å²) in [5.74, 6) is 0. The van der Waals surface area contributed by atoms with Gasteiger partial charge in [0.05, 0.1) is 23.8 Å². The Balaban J connectivity index is 0.000000968. The molecular weight excluding hydrogens is 481 g/mol. The van der Waals surface area contributed by atoms with Gasteiger partial charge in [-0.3, -0.25) is 14.1 Å². The molecule has 0 aliphatic rings. The normalized spacial score (nSPS) is 11.5. The van der Waals surface area contributed by atoms with E-state index in [1.54, 1.807) is 6.07 Å². The predicted molar refractivity (Wildman–Crippen MR) is 120 cm³/mol. The number of alkyl halides is 3. The molecule has 1 aromatic carbocycles. The Bertz CT molecular complexity index is 1370. The first kappa shape index (κ1) is 24.7. The van der Waals surface area contributed by atoms with E-state index in [0.717, 1.165) is 40.6 Å². The van der Waals surface area contributed by atoms with E-state index in [-0.39, 0.29) is 12.1 Å². The van der Waals surface area contributed by atoms with E-state index in [9.17, 15) is 18.0 Å². The highest BCUT2D eigenvalue weighted by Crippen LogP contribution is 2.26. The van der Waals surface area contributed by atoms with Crippen LogP contribution in [0.15, 0.2) is 47.5 Å². The number of hydrogen-bond donors (Lipinski definition) is 0. The summed E-state index contributed by atoms with van der Waals surface area (Å²) in [4.78, 5) is 16.9. The molecule has 0 radical (unpaired) electrons. The van der Waals surface area contributed by atoms with Crippen LogP contribution >= 0.6 is 11.6 Å². The number of aryl methyl sites for hydroxylation is 1. The third-order valence-corrected chi connectivity index (χ3v) is 5.40. The van der Waals surface area contributed by atoms with Gasteiger partial charge in [-0.25, -0.2) is 4.79 Å². The van der Waals surface area contributed by atoms with Gasteiger partial charge in [0, 0.05) is 34.4 Å². The van der Waals surface area contributed by atoms with Crippen LogP contribution in [0.5, 0.6) is 0 Å². The SMILES string of the molecule is CCCCn1c(Cn2c(=O)n(CC(F)(F)F)c3ccncc32)cc2cc(Cl)ccc21.O=S=O. The fourth-order valence-corrected chi connectivity index (χ4v) is 4.00. The lowest BCUT2D eigenvalue weighted by atomic mass is 10.2. The highest BCUT2D eigenvalue weighted by atomic mass is 35.5. The van der Waals surface area contributed by atoms with E-state index in [4.69, 9.17) is 20.0 Å². The minimum atomic E-state index is -4.50. The van der Waals surface area contributed by atoms with E-state index in [2.05, 4.69) is 16.5 Å². The molecule has 0 atom stereocenters. The molecule has 0 unspecified atom stereocenters. The van der Waals surface area contributed by atoms with E-state index >= 15 is 0 Å². The Morgan fingerprint density at radius 2 is 1.76 bits per heavy atom. The molecule has 4 aromatic rings. The number of rotatable bonds is 6. The van der Waals surface area contributed by atoms with Gasteiger partial charge in [-0.05, 0) is 36.8 Å². The smallest absolute Gasteiger partial charge is 0.343 e. The molecule has 0 N–H and O–H groups in total. The van der Waals surface area contributed by atoms with E-state index in [0.29, 0.717) is 10.5 Å². The zero-order valence-corrected chi connectivity index (χ0v) is 19.1. The fraction of sp³-hybridized carbons (Fsp3) is 0.333. The molecular formula is C21H20ClF3N4O3S. The quantitative estimate of drug-likeness (QED) is 0.389. The molecule has 0 fully saturated rings. The lowest BCUT2D eigenvalue weighted by Gasteiger charge is -2.11. The van der Waals surface area contributed by atoms with Crippen molar-refractivity contribution in [3.8, 4) is 0 Å². The summed E-state index contributed by atoms with van der Waals surface area (Å²) in [6, 6.07) is 8.95. The molecule has 0 aliphatic carbocycles. The second-order valence-corrected chi connectivity index (χ2v) is 7.92. The molecule has 0 aliphatic heterocycles. The zero-order valence-electron chi connectivity index (χ0n) is 17.5. The second-order valence-electron chi connectivity index (χ2n) is 7.35. The van der Waals surface area contributed by atoms with Gasteiger partial charge in [0.25, 0.3) is 0 Å². The van der Waals surface area contributed by atoms with Crippen LogP contribution in [0.4, 0.5) is 13.2 Å². The van der Waals surface area contributed by atoms with E-state index in [1.165, 1.54) is 23.0 Å². The Labute approximate surface area is 195 Å². The first-order valence-electron chi connectivity index (χ1n) is 9.99. The van der Waals surface area contributed by atoms with Crippen LogP contribution in [0.2, 0.25) is 5.02 Å². The van der Waals surface area contributed by atoms with Crippen molar-refractivity contribution < 1.29 is 21.6 Å². The van der Waals surface area contributed by atoms with Crippen LogP contribution in [0.25, 0.3) is 21.9 Å². The predicted octanol–water partition coefficient (Wildman–Crippen LogP) is 4.55. The summed E-state index contributed by atoms with van der Waals surface area (Å²) in [5, 5.41) is 1.53. The van der Waals surface area contributed by atoms with Gasteiger partial charge in [0.2, 0.25) is 0 Å². The zero-order chi connectivity index (χ0) is 24.2. The number of hydrogen-bond acceptors (Lipinski definition) is 4. The van der Waals surface area contributed by atoms with Crippen LogP contribution in [-0.2, 0) is 31.2 Å². The van der Waals surface area contributed by atoms with Crippen molar-refractivity contribution in [1.82, 2.24) is 18.7 Å². The monoisotopic (exact) mass is 500 g/mol. The maximum atomic E-state index is 13.1. The molecule has 3 heterocycles. The maximum Gasteiger partial charge on any atom is 0.406 e. The highest BCUT2D eigenvalue weighted by molar-refractivity contribution is 7.51. The molecule has 3 aromatic heterocycles. The summed E-state index contributed by atoms with van der Waals surface area (Å²) in [6.07, 6.45) is 0.241. The van der Waals surface area contributed by atoms with Gasteiger partial charge in [0.15, 0.2) is 0 Å². The molecule has 0 spiro atoms. The lowest BCUT2D eigenvalue weighted by Crippen LogP contribution is -2.30. The van der Waals surface area contributed by atoms with E-state index < -0.39 is 30.0 Å². The minimum absolute atomic E-state index is 0.141. The van der Waals surface area contributed by atoms with Gasteiger partial charge in [-0.2, -0.15) is 21.6 Å². The minimum Gasteiger partial charge on any atom is -0.343 e. The number of fused-ring (bicyclic) bond motifs is 2. The molecule has 0 saturated carbocycles. The topological polar surface area (TPSA) is 78.9 Å². The van der Waals surface area contributed by atoms with Gasteiger partial charge in [-0.1, -0.05) is 24.9 Å². The van der Waals surface area contributed by atoms with Crippen LogP contribution < -0.4 is 5.69 Å². The number of halogens is 4. The number of aromatic nitrogens is 4. The third-order valence-electron chi connectivity index (χ3n) is 5.16. The van der Waals surface area contributed by atoms with Gasteiger partial charge in [0.1, 0.15) is 6.54 Å². The maximum absolute atomic E-state index is 13.1. The fourth-order valence-electron chi connectivity index (χ4n) is 3.82. The molecule has 33 heavy (non-hydrogen) atoms. The van der Waals surface area contributed by atoms with Crippen molar-refractivity contribution in [2.45, 2.75) is 45.6 Å². The molecule has 176 valence electrons. The summed E-state index contributed by atoms with van der Waals surface area (Å²) < 4.78 is 60.0. The van der Waals surface area contributed by atoms with Crippen LogP contribution in [0.1, 0.15) is 25.5 Å². The van der Waals surface area contributed by atoms with Gasteiger partial charge < -0.3 is 4.57 Å². The molecule has 4 rings (SSSR count). The van der Waals surface area contributed by atoms with Crippen molar-refractivity contribution in [3.63, 3.8) is 0 Å². The van der Waals surface area contributed by atoms with Crippen molar-refractivity contribution in [1.29, 1.82) is 0 Å². The number of imidazole rings is 1. The summed E-state index contributed by atoms with van der Waals surface area (Å²) in [5.41, 5.74) is 1.69. The molecule has 7 nitrogen and oxygen atoms in total. The summed E-state index contributed by atoms with van der Waals surface area (Å²) in [7, 11) is 0. The van der Waals surface area contributed by atoms with Crippen molar-refractivity contribution in [3.05, 3.63) is 63.9 Å². The van der Waals surface area contributed by atoms with Crippen molar-refractivity contribution in [2.24, 2.45) is 0 Å². The Kier molecular flexibility index (Phi) is 7.75. The van der Waals surface area contributed by atoms with Crippen LogP contribution in [-0.4, -0.2) is 33.3 Å². The number of unbranched alkanes of at least 4 members (excludes halogenated alkanes) is 1.